The average molecular weight is 2200 g/mol. The highest BCUT2D eigenvalue weighted by atomic mass is 35.5. The maximum absolute atomic E-state index is 13.2. The number of nitrogens with two attached hydrogens (primary N) is 11. The van der Waals surface area contributed by atoms with Crippen LogP contribution in [0.25, 0.3) is 0 Å². The van der Waals surface area contributed by atoms with E-state index in [1.807, 2.05) is 0 Å². The molecule has 4 aliphatic carbocycles. The zero-order chi connectivity index (χ0) is 103. The smallest absolute Gasteiger partial charge is 0.382 e. The number of nitrogens with zero attached hydrogens (tertiary/aromatic N) is 20. The molecule has 6 aliphatic heterocycles. The van der Waals surface area contributed by atoms with Crippen molar-refractivity contribution in [2.75, 3.05) is 152 Å². The van der Waals surface area contributed by atoms with Gasteiger partial charge in [0.2, 0.25) is 0 Å². The Kier molecular flexibility index (Phi) is 35.0. The summed E-state index contributed by atoms with van der Waals surface area (Å²) in [7, 11) is 3.55. The number of halogens is 11. The second-order valence-corrected chi connectivity index (χ2v) is 46.1. The van der Waals surface area contributed by atoms with Crippen molar-refractivity contribution in [1.82, 2.24) is 74.8 Å². The first-order chi connectivity index (χ1) is 69.2. The van der Waals surface area contributed by atoms with E-state index in [1.165, 1.54) is 59.6 Å². The van der Waals surface area contributed by atoms with Gasteiger partial charge in [-0.25, -0.2) is 64.8 Å². The molecule has 145 heavy (non-hydrogen) atoms. The molecule has 780 valence electrons. The van der Waals surface area contributed by atoms with Crippen LogP contribution < -0.4 is 87.6 Å². The number of aromatic nitrogens is 15. The summed E-state index contributed by atoms with van der Waals surface area (Å²) in [6.07, 6.45) is 25.4. The summed E-state index contributed by atoms with van der Waals surface area (Å²) < 4.78 is 95.8. The van der Waals surface area contributed by atoms with Crippen molar-refractivity contribution in [2.45, 2.75) is 234 Å². The maximum atomic E-state index is 13.2. The van der Waals surface area contributed by atoms with E-state index in [0.717, 1.165) is 256 Å². The van der Waals surface area contributed by atoms with Crippen LogP contribution in [-0.4, -0.2) is 210 Å². The molecule has 50 heteroatoms. The zero-order valence-electron chi connectivity index (χ0n) is 80.4. The summed E-state index contributed by atoms with van der Waals surface area (Å²) in [5.74, 6) is 6.57. The SMILES string of the molecule is CC1CC(N)C2(CCN(c3cnc(Sc4cccnc4C(F)(F)F)c(N)n3)CC2)C1.CO[C@H]1C[C@@H](N)C2(CCN(c3cnc(Sc4ccnc(Cl)c4Cl)c(N)n3)CC2)C1.CO[C@H]1C[C@@H](N)C2(CCN(c3cnc(Sc4ccnc(N)c4Cl)c(N)n3)CC2)C1.C[C@@H]1C[C@H](N)C2(CCN(c3cnc(Sc4cccnc4C(F)(F)F)c(N)n3)CC2)C1.Nc1nc(N2CCC3(CC2)COC[C@H]3N)cnc1Sc1ccnc(Cl)c1Cl. The molecule has 0 amide bonds. The third kappa shape index (κ3) is 25.2. The molecule has 10 fully saturated rings. The minimum Gasteiger partial charge on any atom is -0.382 e. The lowest BCUT2D eigenvalue weighted by Crippen LogP contribution is -2.49. The van der Waals surface area contributed by atoms with Crippen LogP contribution in [0.5, 0.6) is 0 Å². The van der Waals surface area contributed by atoms with E-state index in [1.54, 1.807) is 82.0 Å². The van der Waals surface area contributed by atoms with Crippen molar-refractivity contribution in [2.24, 2.45) is 67.6 Å². The highest BCUT2D eigenvalue weighted by Gasteiger charge is 2.52. The molecule has 10 aromatic rings. The fourth-order valence-corrected chi connectivity index (χ4v) is 27.1. The number of methoxy groups -OCH3 is 2. The van der Waals surface area contributed by atoms with E-state index < -0.39 is 23.7 Å². The van der Waals surface area contributed by atoms with Gasteiger partial charge in [0.25, 0.3) is 0 Å². The van der Waals surface area contributed by atoms with E-state index in [4.69, 9.17) is 135 Å². The largest absolute Gasteiger partial charge is 0.434 e. The average Bonchev–Trinajstić information content (AvgIpc) is 1.71. The van der Waals surface area contributed by atoms with Crippen molar-refractivity contribution >= 4 is 181 Å². The Morgan fingerprint density at radius 2 is 0.614 bits per heavy atom. The zero-order valence-corrected chi connectivity index (χ0v) is 88.3. The number of ether oxygens (including phenoxy) is 3. The van der Waals surface area contributed by atoms with E-state index in [0.29, 0.717) is 77.7 Å². The Bertz CT molecular complexity index is 5870. The Morgan fingerprint density at radius 1 is 0.338 bits per heavy atom. The molecule has 22 N–H and O–H groups in total. The standard InChI is InChI=1S/2C20H25F3N6S.C19H24Cl2N6OS.C19H26ClN7OS.C17H20Cl2N6OS/c2*1-12-9-14(24)19(10-12)4-7-29(8-5-19)15-11-27-18(17(25)28-15)30-13-3-2-6-26-16(13)20(21,22)23;1-28-11-8-13(22)19(9-11)3-6-27(7-4-19)14-10-25-18(17(23)26-14)29-12-2-5-24-16(21)15(12)20;1-28-11-8-13(21)19(9-11)3-6-27(7-4-19)14-10-25-18(17(23)26-14)29-12-2-5-24-16(22)15(12)20;18-13-10(1-4-22-14(13)19)27-16-15(21)24-12(7-23-16)25-5-2-17(3-6-25)9-26-8-11(17)20/h2*2-3,6,11-12,14H,4-5,7-10,24H2,1H3,(H2,25,28);2,5,10-11,13H,3-4,6-9,22H2,1H3,(H2,23,26);2,5,10-11,13H,3-4,6-9,21H2,1H3,(H2,22,24)(H2,23,26);1,4,7,11H,2-3,5-6,8-9,20H2,(H2,21,24)/t12-,14+;;2*11-,13+;11-/m1.001/s1. The Morgan fingerprint density at radius 3 is 0.876 bits per heavy atom. The van der Waals surface area contributed by atoms with Gasteiger partial charge in [0.15, 0.2) is 40.5 Å². The number of rotatable bonds is 17. The lowest BCUT2D eigenvalue weighted by molar-refractivity contribution is -0.144. The monoisotopic (exact) mass is 2190 g/mol. The minimum absolute atomic E-state index is 0.0528. The van der Waals surface area contributed by atoms with Crippen LogP contribution in [0.1, 0.15) is 141 Å². The van der Waals surface area contributed by atoms with Gasteiger partial charge in [-0.1, -0.05) is 131 Å². The van der Waals surface area contributed by atoms with Gasteiger partial charge < -0.3 is 102 Å². The van der Waals surface area contributed by atoms with Crippen LogP contribution in [-0.2, 0) is 26.6 Å². The Balaban J connectivity index is 0.000000130. The summed E-state index contributed by atoms with van der Waals surface area (Å²) in [5, 5.41) is 3.90. The third-order valence-electron chi connectivity index (χ3n) is 30.2. The molecule has 0 radical (unpaired) electrons. The molecule has 0 bridgehead atoms. The Labute approximate surface area is 883 Å². The molecule has 34 nitrogen and oxygen atoms in total. The van der Waals surface area contributed by atoms with Gasteiger partial charge in [-0.3, -0.25) is 9.97 Å². The molecule has 10 aliphatic rings. The molecule has 9 atom stereocenters. The van der Waals surface area contributed by atoms with Gasteiger partial charge in [-0.2, -0.15) is 26.3 Å². The van der Waals surface area contributed by atoms with Crippen LogP contribution >= 0.6 is 117 Å². The normalized spacial score (nSPS) is 23.4. The lowest BCUT2D eigenvalue weighted by Gasteiger charge is -2.42. The van der Waals surface area contributed by atoms with Crippen LogP contribution in [0.15, 0.2) is 154 Å². The van der Waals surface area contributed by atoms with E-state index in [2.05, 4.69) is 113 Å². The summed E-state index contributed by atoms with van der Waals surface area (Å²) in [5.41, 5.74) is 67.4. The fourth-order valence-electron chi connectivity index (χ4n) is 21.9. The summed E-state index contributed by atoms with van der Waals surface area (Å²) in [6, 6.07) is 11.9. The highest BCUT2D eigenvalue weighted by Crippen LogP contribution is 2.55. The molecule has 10 aromatic heterocycles. The minimum atomic E-state index is -4.55. The molecule has 20 rings (SSSR count). The number of pyridine rings is 5. The second kappa shape index (κ2) is 46.5. The number of alkyl halides is 6. The first kappa shape index (κ1) is 109. The summed E-state index contributed by atoms with van der Waals surface area (Å²) in [4.78, 5) is 76.5. The van der Waals surface area contributed by atoms with Crippen molar-refractivity contribution in [3.8, 4) is 0 Å². The summed E-state index contributed by atoms with van der Waals surface area (Å²) >= 11 is 36.2. The first-order valence-corrected chi connectivity index (χ1v) is 53.9. The molecule has 2 unspecified atom stereocenters. The maximum Gasteiger partial charge on any atom is 0.434 e. The number of piperidine rings is 5. The van der Waals surface area contributed by atoms with Crippen molar-refractivity contribution in [3.05, 3.63) is 141 Å². The van der Waals surface area contributed by atoms with Gasteiger partial charge in [-0.05, 0) is 192 Å². The molecule has 0 aromatic carbocycles. The van der Waals surface area contributed by atoms with E-state index in [9.17, 15) is 26.3 Å². The molecular weight excluding hydrogens is 2070 g/mol. The predicted octanol–water partition coefficient (Wildman–Crippen LogP) is 17.0. The quantitative estimate of drug-likeness (QED) is 0.0298. The van der Waals surface area contributed by atoms with Crippen LogP contribution in [0.3, 0.4) is 0 Å². The first-order valence-electron chi connectivity index (χ1n) is 47.9. The van der Waals surface area contributed by atoms with Gasteiger partial charge >= 0.3 is 12.4 Å². The molecule has 6 saturated heterocycles. The highest BCUT2D eigenvalue weighted by molar-refractivity contribution is 8.00. The number of hydrogen-bond donors (Lipinski definition) is 11. The summed E-state index contributed by atoms with van der Waals surface area (Å²) in [6.45, 7) is 14.5. The van der Waals surface area contributed by atoms with Gasteiger partial charge in [0.05, 0.1) is 71.5 Å². The van der Waals surface area contributed by atoms with Crippen LogP contribution in [0.2, 0.25) is 25.4 Å². The van der Waals surface area contributed by atoms with Crippen molar-refractivity contribution < 1.29 is 40.6 Å². The number of nitrogen functional groups attached to an aromatic ring is 6. The Hall–Kier alpha value is -8.59. The van der Waals surface area contributed by atoms with Crippen molar-refractivity contribution in [1.29, 1.82) is 0 Å². The van der Waals surface area contributed by atoms with Gasteiger partial charge in [-0.15, -0.1) is 0 Å². The molecule has 5 spiro atoms. The molecular formula is C95H120Cl5F6N31O3S5. The lowest BCUT2D eigenvalue weighted by atomic mass is 9.74. The predicted molar refractivity (Wildman–Crippen MR) is 560 cm³/mol. The van der Waals surface area contributed by atoms with Gasteiger partial charge in [0.1, 0.15) is 70.3 Å². The topological polar surface area (TPSA) is 523 Å². The number of anilines is 11. The van der Waals surface area contributed by atoms with Crippen LogP contribution in [0, 0.1) is 38.9 Å². The number of hydrogen-bond acceptors (Lipinski definition) is 39. The molecule has 16 heterocycles. The third-order valence-corrected chi connectivity index (χ3v) is 37.8. The van der Waals surface area contributed by atoms with Crippen LogP contribution in [0.4, 0.5) is 90.3 Å². The van der Waals surface area contributed by atoms with E-state index >= 15 is 0 Å². The van der Waals surface area contributed by atoms with Gasteiger partial charge in [0, 0.05) is 171 Å². The fraction of sp³-hybridized carbons (Fsp3) is 0.526. The van der Waals surface area contributed by atoms with Crippen molar-refractivity contribution in [3.63, 3.8) is 0 Å². The van der Waals surface area contributed by atoms with E-state index in [-0.39, 0.29) is 117 Å². The molecule has 4 saturated carbocycles. The second-order valence-electron chi connectivity index (χ2n) is 39.1.